The van der Waals surface area contributed by atoms with Gasteiger partial charge in [-0.1, -0.05) is 48.0 Å². The third-order valence-electron chi connectivity index (χ3n) is 5.43. The van der Waals surface area contributed by atoms with Gasteiger partial charge in [0.15, 0.2) is 12.3 Å². The summed E-state index contributed by atoms with van der Waals surface area (Å²) in [7, 11) is 0. The van der Waals surface area contributed by atoms with Crippen LogP contribution in [0.5, 0.6) is 5.88 Å². The Balaban J connectivity index is 1.44. The second-order valence-electron chi connectivity index (χ2n) is 7.63. The van der Waals surface area contributed by atoms with Gasteiger partial charge in [-0.05, 0) is 24.3 Å². The maximum atomic E-state index is 12.8. The molecule has 5 rings (SSSR count). The molecule has 2 aliphatic heterocycles. The third-order valence-corrected chi connectivity index (χ3v) is 5.91. The summed E-state index contributed by atoms with van der Waals surface area (Å²) in [4.78, 5) is 51.5. The van der Waals surface area contributed by atoms with Gasteiger partial charge in [0.2, 0.25) is 5.88 Å². The van der Waals surface area contributed by atoms with E-state index in [1.54, 1.807) is 60.7 Å². The Bertz CT molecular complexity index is 1360. The summed E-state index contributed by atoms with van der Waals surface area (Å²) in [5, 5.41) is -1.89. The number of alkyl halides is 1. The van der Waals surface area contributed by atoms with Gasteiger partial charge in [-0.3, -0.25) is 9.78 Å². The lowest BCUT2D eigenvalue weighted by Crippen LogP contribution is -2.47. The van der Waals surface area contributed by atoms with Crippen molar-refractivity contribution in [3.63, 3.8) is 0 Å². The highest BCUT2D eigenvalue weighted by Gasteiger charge is 2.65. The van der Waals surface area contributed by atoms with Gasteiger partial charge >= 0.3 is 17.6 Å². The Morgan fingerprint density at radius 1 is 1.00 bits per heavy atom. The molecule has 1 aromatic heterocycles. The monoisotopic (exact) mass is 484 g/mol. The molecule has 3 heterocycles. The second-order valence-corrected chi connectivity index (χ2v) is 8.22. The number of carbonyl (C=O) groups is 2. The molecule has 0 saturated carbocycles. The van der Waals surface area contributed by atoms with Crippen molar-refractivity contribution in [1.82, 2.24) is 9.55 Å². The van der Waals surface area contributed by atoms with Crippen LogP contribution in [-0.4, -0.2) is 45.4 Å². The predicted molar refractivity (Wildman–Crippen MR) is 117 cm³/mol. The van der Waals surface area contributed by atoms with Crippen LogP contribution >= 0.6 is 11.6 Å². The molecule has 0 amide bonds. The molecular weight excluding hydrogens is 468 g/mol. The van der Waals surface area contributed by atoms with Gasteiger partial charge in [0.05, 0.1) is 17.2 Å². The standard InChI is InChI=1S/C23H17ClN2O8/c24-23-18(33-20(29)14-9-5-2-6-10-14)15(12-31-19(28)13-7-3-1-4-8-13)32-21(23)26-17(34-23)11-16(27)25-22(26)30/h1-11,15,18,21H,12H2,(H,25,27,30)/t15-,18+,21-,23?/m0/s1. The van der Waals surface area contributed by atoms with Crippen LogP contribution in [0.3, 0.4) is 0 Å². The first-order valence-electron chi connectivity index (χ1n) is 10.2. The first-order valence-corrected chi connectivity index (χ1v) is 10.6. The highest BCUT2D eigenvalue weighted by molar-refractivity contribution is 6.24. The molecule has 11 heteroatoms. The van der Waals surface area contributed by atoms with E-state index in [0.29, 0.717) is 5.56 Å². The minimum atomic E-state index is -1.89. The molecule has 0 bridgehead atoms. The van der Waals surface area contributed by atoms with Crippen molar-refractivity contribution in [2.24, 2.45) is 0 Å². The number of aromatic amines is 1. The number of hydrogen-bond donors (Lipinski definition) is 1. The summed E-state index contributed by atoms with van der Waals surface area (Å²) in [6.07, 6.45) is -3.64. The number of rotatable bonds is 5. The molecule has 1 fully saturated rings. The number of hydrogen-bond acceptors (Lipinski definition) is 8. The second kappa shape index (κ2) is 8.47. The van der Waals surface area contributed by atoms with Crippen LogP contribution in [0, 0.1) is 0 Å². The van der Waals surface area contributed by atoms with Crippen molar-refractivity contribution in [2.75, 3.05) is 6.61 Å². The molecule has 0 spiro atoms. The maximum absolute atomic E-state index is 12.8. The summed E-state index contributed by atoms with van der Waals surface area (Å²) in [5.41, 5.74) is -0.948. The van der Waals surface area contributed by atoms with Crippen LogP contribution in [0.1, 0.15) is 26.9 Å². The van der Waals surface area contributed by atoms with E-state index in [4.69, 9.17) is 30.5 Å². The number of fused-ring (bicyclic) bond motifs is 3. The number of H-pyrrole nitrogens is 1. The number of nitrogens with zero attached hydrogens (tertiary/aromatic N) is 1. The number of halogens is 1. The summed E-state index contributed by atoms with van der Waals surface area (Å²) < 4.78 is 23.6. The fourth-order valence-electron chi connectivity index (χ4n) is 3.87. The average Bonchev–Trinajstić information content (AvgIpc) is 3.26. The first kappa shape index (κ1) is 21.9. The molecule has 1 saturated heterocycles. The van der Waals surface area contributed by atoms with E-state index >= 15 is 0 Å². The van der Waals surface area contributed by atoms with E-state index in [-0.39, 0.29) is 18.1 Å². The van der Waals surface area contributed by atoms with Crippen LogP contribution in [0.15, 0.2) is 76.3 Å². The van der Waals surface area contributed by atoms with E-state index in [1.807, 2.05) is 0 Å². The van der Waals surface area contributed by atoms with E-state index in [0.717, 1.165) is 10.6 Å². The molecule has 3 aromatic rings. The van der Waals surface area contributed by atoms with E-state index in [1.165, 1.54) is 0 Å². The molecule has 1 N–H and O–H groups in total. The van der Waals surface area contributed by atoms with Gasteiger partial charge < -0.3 is 18.9 Å². The third kappa shape index (κ3) is 3.76. The first-order chi connectivity index (χ1) is 16.4. The number of aromatic nitrogens is 2. The van der Waals surface area contributed by atoms with Crippen molar-refractivity contribution in [3.05, 3.63) is 98.7 Å². The lowest BCUT2D eigenvalue weighted by Gasteiger charge is -2.27. The highest BCUT2D eigenvalue weighted by atomic mass is 35.5. The Morgan fingerprint density at radius 2 is 1.62 bits per heavy atom. The molecular formula is C23H17ClN2O8. The van der Waals surface area contributed by atoms with Crippen molar-refractivity contribution in [1.29, 1.82) is 0 Å². The smallest absolute Gasteiger partial charge is 0.338 e. The largest absolute Gasteiger partial charge is 0.459 e. The number of carbonyl (C=O) groups excluding carboxylic acids is 2. The van der Waals surface area contributed by atoms with Crippen LogP contribution in [0.4, 0.5) is 0 Å². The fourth-order valence-corrected chi connectivity index (χ4v) is 4.28. The van der Waals surface area contributed by atoms with E-state index in [2.05, 4.69) is 4.98 Å². The summed E-state index contributed by atoms with van der Waals surface area (Å²) in [5.74, 6) is -1.49. The zero-order valence-corrected chi connectivity index (χ0v) is 18.1. The summed E-state index contributed by atoms with van der Waals surface area (Å²) in [6, 6.07) is 17.5. The average molecular weight is 485 g/mol. The van der Waals surface area contributed by atoms with Gasteiger partial charge in [-0.2, -0.15) is 0 Å². The van der Waals surface area contributed by atoms with Crippen molar-refractivity contribution in [3.8, 4) is 5.88 Å². The molecule has 4 atom stereocenters. The quantitative estimate of drug-likeness (QED) is 0.429. The van der Waals surface area contributed by atoms with Crippen molar-refractivity contribution < 1.29 is 28.5 Å². The van der Waals surface area contributed by atoms with E-state index in [9.17, 15) is 19.2 Å². The van der Waals surface area contributed by atoms with Crippen LogP contribution < -0.4 is 16.0 Å². The molecule has 0 aliphatic carbocycles. The molecule has 2 aromatic carbocycles. The molecule has 34 heavy (non-hydrogen) atoms. The Hall–Kier alpha value is -3.89. The highest BCUT2D eigenvalue weighted by Crippen LogP contribution is 2.51. The number of nitrogens with one attached hydrogen (secondary N) is 1. The topological polar surface area (TPSA) is 126 Å². The molecule has 174 valence electrons. The van der Waals surface area contributed by atoms with Crippen molar-refractivity contribution in [2.45, 2.75) is 23.5 Å². The van der Waals surface area contributed by atoms with Gasteiger partial charge in [0.1, 0.15) is 12.7 Å². The number of esters is 2. The SMILES string of the molecule is O=C(OC[C@@H]1O[C@@H]2n3c(cc(=O)[nH]c3=O)OC2(Cl)[C@@H]1OC(=O)c1ccccc1)c1ccccc1. The van der Waals surface area contributed by atoms with Gasteiger partial charge in [0, 0.05) is 0 Å². The molecule has 2 aliphatic rings. The Morgan fingerprint density at radius 3 is 2.26 bits per heavy atom. The van der Waals surface area contributed by atoms with Crippen LogP contribution in [-0.2, 0) is 14.2 Å². The minimum Gasteiger partial charge on any atom is -0.459 e. The number of benzene rings is 2. The van der Waals surface area contributed by atoms with E-state index < -0.39 is 46.7 Å². The summed E-state index contributed by atoms with van der Waals surface area (Å²) >= 11 is 6.74. The Kier molecular flexibility index (Phi) is 5.46. The molecule has 1 unspecified atom stereocenters. The van der Waals surface area contributed by atoms with Crippen LogP contribution in [0.2, 0.25) is 0 Å². The zero-order valence-electron chi connectivity index (χ0n) is 17.4. The summed E-state index contributed by atoms with van der Waals surface area (Å²) in [6.45, 7) is -0.345. The molecule has 10 nitrogen and oxygen atoms in total. The molecule has 0 radical (unpaired) electrons. The predicted octanol–water partition coefficient (Wildman–Crippen LogP) is 1.84. The lowest BCUT2D eigenvalue weighted by atomic mass is 10.1. The van der Waals surface area contributed by atoms with Crippen LogP contribution in [0.25, 0.3) is 0 Å². The number of ether oxygens (including phenoxy) is 4. The van der Waals surface area contributed by atoms with Gasteiger partial charge in [-0.25, -0.2) is 19.0 Å². The zero-order chi connectivity index (χ0) is 23.9. The fraction of sp³-hybridized carbons (Fsp3) is 0.217. The Labute approximate surface area is 196 Å². The van der Waals surface area contributed by atoms with Crippen molar-refractivity contribution >= 4 is 23.5 Å². The van der Waals surface area contributed by atoms with Gasteiger partial charge in [0.25, 0.3) is 10.6 Å². The van der Waals surface area contributed by atoms with Gasteiger partial charge in [-0.15, -0.1) is 0 Å². The minimum absolute atomic E-state index is 0.144. The maximum Gasteiger partial charge on any atom is 0.338 e. The normalized spacial score (nSPS) is 24.6. The lowest BCUT2D eigenvalue weighted by molar-refractivity contribution is -0.0580.